The average molecular weight is 214 g/mol. The van der Waals surface area contributed by atoms with Crippen molar-refractivity contribution in [2.75, 3.05) is 13.2 Å². The summed E-state index contributed by atoms with van der Waals surface area (Å²) in [4.78, 5) is 23.7. The van der Waals surface area contributed by atoms with Gasteiger partial charge in [0, 0.05) is 12.6 Å². The monoisotopic (exact) mass is 214 g/mol. The lowest BCUT2D eigenvalue weighted by atomic mass is 10.4. The van der Waals surface area contributed by atoms with E-state index in [4.69, 9.17) is 4.74 Å². The topological polar surface area (TPSA) is 99.9 Å². The summed E-state index contributed by atoms with van der Waals surface area (Å²) in [6.07, 6.45) is 0. The zero-order valence-electron chi connectivity index (χ0n) is 8.66. The summed E-state index contributed by atoms with van der Waals surface area (Å²) in [6, 6.07) is 0.357. The van der Waals surface area contributed by atoms with Crippen LogP contribution in [0.25, 0.3) is 0 Å². The SMILES string of the molecule is CC(C)NCCOc1n[nH]c(=O)[nH]c1=O. The van der Waals surface area contributed by atoms with Gasteiger partial charge in [-0.1, -0.05) is 13.8 Å². The molecule has 0 bridgehead atoms. The minimum Gasteiger partial charge on any atom is -0.471 e. The minimum atomic E-state index is -0.646. The van der Waals surface area contributed by atoms with E-state index in [1.807, 2.05) is 18.8 Å². The molecule has 7 nitrogen and oxygen atoms in total. The standard InChI is InChI=1S/C8H14N4O3/c1-5(2)9-3-4-15-7-6(13)10-8(14)12-11-7/h5,9H,3-4H2,1-2H3,(H2,10,12,13,14). The zero-order chi connectivity index (χ0) is 11.3. The van der Waals surface area contributed by atoms with Crippen molar-refractivity contribution >= 4 is 0 Å². The van der Waals surface area contributed by atoms with Crippen LogP contribution in [0.5, 0.6) is 5.88 Å². The summed E-state index contributed by atoms with van der Waals surface area (Å²) in [5.74, 6) is -0.125. The highest BCUT2D eigenvalue weighted by Crippen LogP contribution is 1.89. The summed E-state index contributed by atoms with van der Waals surface area (Å²) in [7, 11) is 0. The summed E-state index contributed by atoms with van der Waals surface area (Å²) in [6.45, 7) is 4.94. The molecular weight excluding hydrogens is 200 g/mol. The Morgan fingerprint density at radius 3 is 2.80 bits per heavy atom. The van der Waals surface area contributed by atoms with Crippen LogP contribution in [0.4, 0.5) is 0 Å². The third-order valence-electron chi connectivity index (χ3n) is 1.57. The molecule has 0 aliphatic carbocycles. The summed E-state index contributed by atoms with van der Waals surface area (Å²) >= 11 is 0. The largest absolute Gasteiger partial charge is 0.471 e. The summed E-state index contributed by atoms with van der Waals surface area (Å²) in [5, 5.41) is 8.66. The number of rotatable bonds is 5. The smallest absolute Gasteiger partial charge is 0.342 e. The number of aromatic amines is 2. The second kappa shape index (κ2) is 5.30. The van der Waals surface area contributed by atoms with Gasteiger partial charge in [-0.3, -0.25) is 9.78 Å². The number of hydrogen-bond donors (Lipinski definition) is 3. The van der Waals surface area contributed by atoms with Crippen LogP contribution in [0.3, 0.4) is 0 Å². The van der Waals surface area contributed by atoms with Gasteiger partial charge < -0.3 is 10.1 Å². The third kappa shape index (κ3) is 3.94. The Morgan fingerprint density at radius 2 is 2.20 bits per heavy atom. The van der Waals surface area contributed by atoms with E-state index < -0.39 is 11.2 Å². The molecule has 1 aromatic rings. The highest BCUT2D eigenvalue weighted by Gasteiger charge is 2.02. The molecule has 0 fully saturated rings. The van der Waals surface area contributed by atoms with Crippen LogP contribution in [0.1, 0.15) is 13.8 Å². The lowest BCUT2D eigenvalue weighted by Gasteiger charge is -2.07. The summed E-state index contributed by atoms with van der Waals surface area (Å²) < 4.78 is 5.05. The highest BCUT2D eigenvalue weighted by atomic mass is 16.5. The van der Waals surface area contributed by atoms with E-state index in [2.05, 4.69) is 15.5 Å². The molecule has 0 atom stereocenters. The van der Waals surface area contributed by atoms with Crippen molar-refractivity contribution in [1.29, 1.82) is 0 Å². The zero-order valence-corrected chi connectivity index (χ0v) is 8.66. The van der Waals surface area contributed by atoms with Crippen molar-refractivity contribution in [3.05, 3.63) is 20.8 Å². The fourth-order valence-corrected chi connectivity index (χ4v) is 0.930. The average Bonchev–Trinajstić information content (AvgIpc) is 2.14. The molecule has 0 spiro atoms. The maximum absolute atomic E-state index is 11.1. The van der Waals surface area contributed by atoms with Gasteiger partial charge in [-0.2, -0.15) is 0 Å². The molecule has 1 aromatic heterocycles. The van der Waals surface area contributed by atoms with Gasteiger partial charge in [-0.05, 0) is 0 Å². The van der Waals surface area contributed by atoms with Gasteiger partial charge in [0.1, 0.15) is 6.61 Å². The molecule has 0 saturated heterocycles. The molecular formula is C8H14N4O3. The molecule has 0 amide bonds. The molecule has 0 unspecified atom stereocenters. The molecule has 15 heavy (non-hydrogen) atoms. The van der Waals surface area contributed by atoms with Gasteiger partial charge in [0.25, 0.3) is 5.88 Å². The van der Waals surface area contributed by atoms with Gasteiger partial charge in [-0.25, -0.2) is 9.89 Å². The maximum Gasteiger partial charge on any atom is 0.342 e. The molecule has 84 valence electrons. The molecule has 0 saturated carbocycles. The first-order valence-electron chi connectivity index (χ1n) is 4.65. The number of aromatic nitrogens is 3. The lowest BCUT2D eigenvalue weighted by Crippen LogP contribution is -2.30. The first kappa shape index (κ1) is 11.4. The fraction of sp³-hybridized carbons (Fsp3) is 0.625. The van der Waals surface area contributed by atoms with Gasteiger partial charge in [-0.15, -0.1) is 5.10 Å². The van der Waals surface area contributed by atoms with Crippen LogP contribution in [0, 0.1) is 0 Å². The Kier molecular flexibility index (Phi) is 4.04. The Bertz CT molecular complexity index is 409. The predicted molar refractivity (Wildman–Crippen MR) is 54.1 cm³/mol. The number of hydrogen-bond acceptors (Lipinski definition) is 5. The molecule has 0 aromatic carbocycles. The van der Waals surface area contributed by atoms with E-state index in [1.54, 1.807) is 0 Å². The molecule has 1 heterocycles. The third-order valence-corrected chi connectivity index (χ3v) is 1.57. The molecule has 0 aliphatic rings. The van der Waals surface area contributed by atoms with Crippen molar-refractivity contribution < 1.29 is 4.74 Å². The van der Waals surface area contributed by atoms with E-state index in [9.17, 15) is 9.59 Å². The first-order valence-corrected chi connectivity index (χ1v) is 4.65. The molecule has 1 rings (SSSR count). The molecule has 3 N–H and O–H groups in total. The van der Waals surface area contributed by atoms with E-state index in [0.29, 0.717) is 19.2 Å². The van der Waals surface area contributed by atoms with E-state index >= 15 is 0 Å². The maximum atomic E-state index is 11.1. The van der Waals surface area contributed by atoms with Crippen molar-refractivity contribution in [2.45, 2.75) is 19.9 Å². The highest BCUT2D eigenvalue weighted by molar-refractivity contribution is 4.98. The van der Waals surface area contributed by atoms with Crippen LogP contribution in [0.2, 0.25) is 0 Å². The van der Waals surface area contributed by atoms with Crippen LogP contribution < -0.4 is 21.3 Å². The van der Waals surface area contributed by atoms with Crippen molar-refractivity contribution in [2.24, 2.45) is 0 Å². The van der Waals surface area contributed by atoms with Crippen molar-refractivity contribution in [3.8, 4) is 5.88 Å². The quantitative estimate of drug-likeness (QED) is 0.536. The van der Waals surface area contributed by atoms with Crippen LogP contribution in [-0.2, 0) is 0 Å². The summed E-state index contributed by atoms with van der Waals surface area (Å²) in [5.41, 5.74) is -1.27. The number of ether oxygens (including phenoxy) is 1. The Morgan fingerprint density at radius 1 is 1.47 bits per heavy atom. The van der Waals surface area contributed by atoms with Crippen LogP contribution in [-0.4, -0.2) is 34.4 Å². The van der Waals surface area contributed by atoms with Gasteiger partial charge in [0.05, 0.1) is 0 Å². The van der Waals surface area contributed by atoms with E-state index in [-0.39, 0.29) is 5.88 Å². The second-order valence-corrected chi connectivity index (χ2v) is 3.27. The normalized spacial score (nSPS) is 10.6. The Hall–Kier alpha value is -1.63. The number of H-pyrrole nitrogens is 2. The van der Waals surface area contributed by atoms with Crippen LogP contribution in [0.15, 0.2) is 9.59 Å². The second-order valence-electron chi connectivity index (χ2n) is 3.27. The van der Waals surface area contributed by atoms with E-state index in [0.717, 1.165) is 0 Å². The fourth-order valence-electron chi connectivity index (χ4n) is 0.930. The van der Waals surface area contributed by atoms with Gasteiger partial charge >= 0.3 is 11.2 Å². The Balaban J connectivity index is 2.45. The molecule has 0 radical (unpaired) electrons. The van der Waals surface area contributed by atoms with Gasteiger partial charge in [0.15, 0.2) is 0 Å². The van der Waals surface area contributed by atoms with E-state index in [1.165, 1.54) is 0 Å². The number of nitrogens with zero attached hydrogens (tertiary/aromatic N) is 1. The van der Waals surface area contributed by atoms with Gasteiger partial charge in [0.2, 0.25) is 0 Å². The Labute approximate surface area is 85.9 Å². The van der Waals surface area contributed by atoms with Crippen LogP contribution >= 0.6 is 0 Å². The predicted octanol–water partition coefficient (Wildman–Crippen LogP) is -1.16. The van der Waals surface area contributed by atoms with Crippen molar-refractivity contribution in [1.82, 2.24) is 20.5 Å². The minimum absolute atomic E-state index is 0.125. The first-order chi connectivity index (χ1) is 7.09. The molecule has 0 aliphatic heterocycles. The molecule has 7 heteroatoms. The number of nitrogens with one attached hydrogen (secondary N) is 3. The van der Waals surface area contributed by atoms with Crippen molar-refractivity contribution in [3.63, 3.8) is 0 Å². The lowest BCUT2D eigenvalue weighted by molar-refractivity contribution is 0.289.